The first-order valence-corrected chi connectivity index (χ1v) is 10.4. The molecule has 4 aliphatic rings. The van der Waals surface area contributed by atoms with Crippen LogP contribution in [0.5, 0.6) is 0 Å². The summed E-state index contributed by atoms with van der Waals surface area (Å²) in [6, 6.07) is 7.34. The Labute approximate surface area is 180 Å². The van der Waals surface area contributed by atoms with Crippen LogP contribution >= 0.6 is 11.6 Å². The third-order valence-corrected chi connectivity index (χ3v) is 7.41. The van der Waals surface area contributed by atoms with E-state index in [9.17, 15) is 23.2 Å². The van der Waals surface area contributed by atoms with Gasteiger partial charge in [0.25, 0.3) is 0 Å². The average Bonchev–Trinajstić information content (AvgIpc) is 3.43. The molecule has 0 bridgehead atoms. The molecule has 1 spiro atoms. The number of hydrogen-bond acceptors (Lipinski definition) is 4. The van der Waals surface area contributed by atoms with Gasteiger partial charge < -0.3 is 5.32 Å². The quantitative estimate of drug-likeness (QED) is 0.688. The summed E-state index contributed by atoms with van der Waals surface area (Å²) in [6.45, 7) is 0.532. The summed E-state index contributed by atoms with van der Waals surface area (Å²) in [5, 5.41) is 2.58. The number of benzene rings is 2. The largest absolute Gasteiger partial charge is 0.324 e. The SMILES string of the molecule is O=C1[C@H]2[C@@H](C(=O)N1c1ccc(F)c(Cl)c1)[C@@]1(C(=O)Nc3ccc(F)cc31)N1CCC[C@@H]21. The molecule has 2 aromatic rings. The Bertz CT molecular complexity index is 1200. The minimum atomic E-state index is -1.45. The van der Waals surface area contributed by atoms with E-state index in [2.05, 4.69) is 5.32 Å². The highest BCUT2D eigenvalue weighted by molar-refractivity contribution is 6.32. The lowest BCUT2D eigenvalue weighted by Crippen LogP contribution is -2.54. The molecule has 0 radical (unpaired) electrons. The molecule has 0 unspecified atom stereocenters. The van der Waals surface area contributed by atoms with E-state index in [0.29, 0.717) is 24.2 Å². The van der Waals surface area contributed by atoms with Crippen LogP contribution in [0.1, 0.15) is 18.4 Å². The second-order valence-corrected chi connectivity index (χ2v) is 8.83. The third kappa shape index (κ3) is 2.16. The molecule has 0 aliphatic carbocycles. The Hall–Kier alpha value is -2.84. The number of anilines is 2. The Morgan fingerprint density at radius 2 is 1.87 bits per heavy atom. The van der Waals surface area contributed by atoms with Gasteiger partial charge in [-0.15, -0.1) is 0 Å². The molecule has 6 rings (SSSR count). The lowest BCUT2D eigenvalue weighted by atomic mass is 9.75. The van der Waals surface area contributed by atoms with Crippen LogP contribution in [0.15, 0.2) is 36.4 Å². The third-order valence-electron chi connectivity index (χ3n) is 7.12. The fourth-order valence-electron chi connectivity index (χ4n) is 6.05. The van der Waals surface area contributed by atoms with Crippen LogP contribution in [0.2, 0.25) is 5.02 Å². The maximum atomic E-state index is 14.2. The molecule has 31 heavy (non-hydrogen) atoms. The fourth-order valence-corrected chi connectivity index (χ4v) is 6.23. The van der Waals surface area contributed by atoms with Crippen molar-refractivity contribution in [2.45, 2.75) is 24.4 Å². The van der Waals surface area contributed by atoms with E-state index in [0.717, 1.165) is 17.4 Å². The number of halogens is 3. The van der Waals surface area contributed by atoms with Gasteiger partial charge in [0.2, 0.25) is 17.7 Å². The first kappa shape index (κ1) is 18.9. The van der Waals surface area contributed by atoms with Crippen molar-refractivity contribution in [1.82, 2.24) is 4.90 Å². The molecule has 1 N–H and O–H groups in total. The Morgan fingerprint density at radius 1 is 1.06 bits per heavy atom. The smallest absolute Gasteiger partial charge is 0.250 e. The lowest BCUT2D eigenvalue weighted by molar-refractivity contribution is -0.135. The topological polar surface area (TPSA) is 69.7 Å². The van der Waals surface area contributed by atoms with Gasteiger partial charge in [-0.25, -0.2) is 13.7 Å². The van der Waals surface area contributed by atoms with Crippen molar-refractivity contribution in [3.05, 3.63) is 58.6 Å². The number of fused-ring (bicyclic) bond motifs is 7. The van der Waals surface area contributed by atoms with Gasteiger partial charge in [0.15, 0.2) is 0 Å². The molecule has 9 heteroatoms. The van der Waals surface area contributed by atoms with Crippen LogP contribution in [-0.2, 0) is 19.9 Å². The summed E-state index contributed by atoms with van der Waals surface area (Å²) < 4.78 is 27.9. The predicted octanol–water partition coefficient (Wildman–Crippen LogP) is 3.05. The molecule has 2 aromatic carbocycles. The highest BCUT2D eigenvalue weighted by Crippen LogP contribution is 2.60. The van der Waals surface area contributed by atoms with Gasteiger partial charge in [-0.3, -0.25) is 19.3 Å². The summed E-state index contributed by atoms with van der Waals surface area (Å²) in [5.74, 6) is -4.36. The summed E-state index contributed by atoms with van der Waals surface area (Å²) in [7, 11) is 0. The Morgan fingerprint density at radius 3 is 2.65 bits per heavy atom. The second kappa shape index (κ2) is 6.11. The van der Waals surface area contributed by atoms with E-state index in [1.54, 1.807) is 0 Å². The van der Waals surface area contributed by atoms with Crippen molar-refractivity contribution in [3.8, 4) is 0 Å². The minimum absolute atomic E-state index is 0.161. The number of carbonyl (C=O) groups excluding carboxylic acids is 3. The van der Waals surface area contributed by atoms with Crippen LogP contribution in [0.4, 0.5) is 20.2 Å². The van der Waals surface area contributed by atoms with Crippen molar-refractivity contribution >= 4 is 40.7 Å². The molecule has 3 fully saturated rings. The molecule has 4 aliphatic heterocycles. The van der Waals surface area contributed by atoms with Gasteiger partial charge in [0.1, 0.15) is 17.2 Å². The monoisotopic (exact) mass is 443 g/mol. The first-order valence-electron chi connectivity index (χ1n) is 10.1. The fraction of sp³-hybridized carbons (Fsp3) is 0.318. The van der Waals surface area contributed by atoms with Crippen LogP contribution in [0.3, 0.4) is 0 Å². The molecular formula is C22H16ClF2N3O3. The predicted molar refractivity (Wildman–Crippen MR) is 107 cm³/mol. The minimum Gasteiger partial charge on any atom is -0.324 e. The van der Waals surface area contributed by atoms with E-state index in [4.69, 9.17) is 11.6 Å². The van der Waals surface area contributed by atoms with Crippen LogP contribution < -0.4 is 10.2 Å². The summed E-state index contributed by atoms with van der Waals surface area (Å²) in [5.41, 5.74) is -0.458. The van der Waals surface area contributed by atoms with Gasteiger partial charge in [-0.1, -0.05) is 11.6 Å². The molecule has 4 atom stereocenters. The van der Waals surface area contributed by atoms with Crippen molar-refractivity contribution in [2.24, 2.45) is 11.8 Å². The number of rotatable bonds is 1. The Balaban J connectivity index is 1.56. The van der Waals surface area contributed by atoms with Crippen LogP contribution in [0.25, 0.3) is 0 Å². The number of carbonyl (C=O) groups is 3. The summed E-state index contributed by atoms with van der Waals surface area (Å²) in [6.07, 6.45) is 1.41. The molecule has 4 heterocycles. The van der Waals surface area contributed by atoms with E-state index in [-0.39, 0.29) is 16.8 Å². The number of nitrogens with one attached hydrogen (secondary N) is 1. The molecular weight excluding hydrogens is 428 g/mol. The van der Waals surface area contributed by atoms with Crippen molar-refractivity contribution in [2.75, 3.05) is 16.8 Å². The van der Waals surface area contributed by atoms with Crippen LogP contribution in [0, 0.1) is 23.5 Å². The highest BCUT2D eigenvalue weighted by atomic mass is 35.5. The molecule has 158 valence electrons. The summed E-state index contributed by atoms with van der Waals surface area (Å²) >= 11 is 5.89. The van der Waals surface area contributed by atoms with E-state index in [1.165, 1.54) is 30.3 Å². The van der Waals surface area contributed by atoms with Gasteiger partial charge in [0, 0.05) is 17.3 Å². The number of amides is 3. The first-order chi connectivity index (χ1) is 14.9. The van der Waals surface area contributed by atoms with Crippen molar-refractivity contribution in [1.29, 1.82) is 0 Å². The number of nitrogens with zero attached hydrogens (tertiary/aromatic N) is 2. The van der Waals surface area contributed by atoms with Gasteiger partial charge in [-0.05, 0) is 55.8 Å². The zero-order chi connectivity index (χ0) is 21.7. The highest BCUT2D eigenvalue weighted by Gasteiger charge is 2.74. The van der Waals surface area contributed by atoms with E-state index in [1.807, 2.05) is 4.90 Å². The summed E-state index contributed by atoms with van der Waals surface area (Å²) in [4.78, 5) is 43.5. The maximum absolute atomic E-state index is 14.2. The number of imide groups is 1. The zero-order valence-electron chi connectivity index (χ0n) is 16.1. The maximum Gasteiger partial charge on any atom is 0.250 e. The van der Waals surface area contributed by atoms with E-state index >= 15 is 0 Å². The zero-order valence-corrected chi connectivity index (χ0v) is 16.8. The normalized spacial score (nSPS) is 31.4. The molecule has 3 amide bonds. The second-order valence-electron chi connectivity index (χ2n) is 8.43. The molecule has 3 saturated heterocycles. The van der Waals surface area contributed by atoms with Crippen molar-refractivity contribution < 1.29 is 23.2 Å². The van der Waals surface area contributed by atoms with E-state index < -0.39 is 46.7 Å². The molecule has 0 aromatic heterocycles. The van der Waals surface area contributed by atoms with Gasteiger partial charge >= 0.3 is 0 Å². The van der Waals surface area contributed by atoms with Gasteiger partial charge in [0.05, 0.1) is 22.5 Å². The Kier molecular flexibility index (Phi) is 3.72. The van der Waals surface area contributed by atoms with Crippen molar-refractivity contribution in [3.63, 3.8) is 0 Å². The lowest BCUT2D eigenvalue weighted by Gasteiger charge is -2.36. The number of hydrogen-bond donors (Lipinski definition) is 1. The van der Waals surface area contributed by atoms with Gasteiger partial charge in [-0.2, -0.15) is 0 Å². The van der Waals surface area contributed by atoms with Crippen LogP contribution in [-0.4, -0.2) is 35.2 Å². The molecule has 0 saturated carbocycles. The molecule has 6 nitrogen and oxygen atoms in total. The standard InChI is InChI=1S/C22H16ClF2N3O3/c23-13-9-11(4-5-14(13)25)28-19(29)17-16-2-1-7-27(16)22(18(17)20(28)30)12-8-10(24)3-6-15(12)26-21(22)31/h3-6,8-9,16-18H,1-2,7H2,(H,26,31)/t16-,17+,18-,22-/m0/s1. The average molecular weight is 444 g/mol.